The van der Waals surface area contributed by atoms with Crippen LogP contribution in [0.3, 0.4) is 0 Å². The van der Waals surface area contributed by atoms with E-state index in [1.54, 1.807) is 18.0 Å². The van der Waals surface area contributed by atoms with Crippen LogP contribution in [0.4, 0.5) is 0 Å². The Bertz CT molecular complexity index is 944. The lowest BCUT2D eigenvalue weighted by Crippen LogP contribution is -2.31. The molecule has 4 rings (SSSR count). The number of rotatable bonds is 6. The average Bonchev–Trinajstić information content (AvgIpc) is 3.03. The first-order chi connectivity index (χ1) is 14.2. The zero-order valence-electron chi connectivity index (χ0n) is 16.6. The summed E-state index contributed by atoms with van der Waals surface area (Å²) < 4.78 is 2.04. The molecule has 1 aliphatic rings. The van der Waals surface area contributed by atoms with Crippen LogP contribution >= 0.6 is 11.8 Å². The third-order valence-corrected chi connectivity index (χ3v) is 6.26. The van der Waals surface area contributed by atoms with Gasteiger partial charge in [0.1, 0.15) is 0 Å². The average molecular weight is 408 g/mol. The molecule has 3 aromatic rings. The molecule has 2 aromatic heterocycles. The van der Waals surface area contributed by atoms with Gasteiger partial charge in [-0.05, 0) is 37.5 Å². The summed E-state index contributed by atoms with van der Waals surface area (Å²) in [7, 11) is 0. The molecule has 0 saturated carbocycles. The van der Waals surface area contributed by atoms with Crippen LogP contribution < -0.4 is 0 Å². The highest BCUT2D eigenvalue weighted by Gasteiger charge is 2.23. The lowest BCUT2D eigenvalue weighted by molar-refractivity contribution is -0.131. The van der Waals surface area contributed by atoms with Crippen LogP contribution in [-0.4, -0.2) is 37.1 Å². The number of hydrogen-bond acceptors (Lipinski definition) is 5. The highest BCUT2D eigenvalue weighted by Crippen LogP contribution is 2.35. The maximum atomic E-state index is 12.5. The monoisotopic (exact) mass is 407 g/mol. The lowest BCUT2D eigenvalue weighted by atomic mass is 10.2. The largest absolute Gasteiger partial charge is 0.335 e. The third-order valence-electron chi connectivity index (χ3n) is 5.16. The van der Waals surface area contributed by atoms with Gasteiger partial charge in [0.05, 0.1) is 18.4 Å². The van der Waals surface area contributed by atoms with Gasteiger partial charge in [-0.25, -0.2) is 0 Å². The van der Waals surface area contributed by atoms with E-state index in [1.165, 1.54) is 5.56 Å². The SMILES string of the molecule is CC(Sc1nnc(CN2CCCCCC2=O)n1-c1cccnc1)c1ccccc1. The molecule has 0 radical (unpaired) electrons. The molecule has 1 amide bonds. The van der Waals surface area contributed by atoms with Gasteiger partial charge in [0.2, 0.25) is 5.91 Å². The summed E-state index contributed by atoms with van der Waals surface area (Å²) in [4.78, 5) is 18.7. The first-order valence-electron chi connectivity index (χ1n) is 10.1. The van der Waals surface area contributed by atoms with Gasteiger partial charge in [-0.1, -0.05) is 48.5 Å². The summed E-state index contributed by atoms with van der Waals surface area (Å²) in [6.07, 6.45) is 7.31. The van der Waals surface area contributed by atoms with E-state index in [0.29, 0.717) is 13.0 Å². The zero-order chi connectivity index (χ0) is 20.1. The summed E-state index contributed by atoms with van der Waals surface area (Å²) in [6.45, 7) is 3.42. The van der Waals surface area contributed by atoms with Crippen LogP contribution in [0.5, 0.6) is 0 Å². The van der Waals surface area contributed by atoms with E-state index in [-0.39, 0.29) is 11.2 Å². The molecule has 0 bridgehead atoms. The Hall–Kier alpha value is -2.67. The van der Waals surface area contributed by atoms with E-state index in [0.717, 1.165) is 42.5 Å². The highest BCUT2D eigenvalue weighted by molar-refractivity contribution is 7.99. The predicted molar refractivity (Wildman–Crippen MR) is 114 cm³/mol. The molecule has 1 fully saturated rings. The van der Waals surface area contributed by atoms with Crippen molar-refractivity contribution in [2.45, 2.75) is 49.6 Å². The van der Waals surface area contributed by atoms with Gasteiger partial charge in [0, 0.05) is 24.4 Å². The van der Waals surface area contributed by atoms with Gasteiger partial charge >= 0.3 is 0 Å². The van der Waals surface area contributed by atoms with Crippen LogP contribution in [0, 0.1) is 0 Å². The number of benzene rings is 1. The fraction of sp³-hybridized carbons (Fsp3) is 0.364. The Morgan fingerprint density at radius 1 is 1.07 bits per heavy atom. The van der Waals surface area contributed by atoms with Gasteiger partial charge < -0.3 is 4.90 Å². The van der Waals surface area contributed by atoms with Crippen molar-refractivity contribution in [3.63, 3.8) is 0 Å². The molecule has 3 heterocycles. The van der Waals surface area contributed by atoms with Crippen molar-refractivity contribution >= 4 is 17.7 Å². The number of nitrogens with zero attached hydrogens (tertiary/aromatic N) is 5. The molecule has 0 spiro atoms. The molecule has 0 aliphatic carbocycles. The van der Waals surface area contributed by atoms with Crippen molar-refractivity contribution in [1.82, 2.24) is 24.6 Å². The quantitative estimate of drug-likeness (QED) is 0.566. The van der Waals surface area contributed by atoms with Crippen LogP contribution in [-0.2, 0) is 11.3 Å². The molecule has 0 N–H and O–H groups in total. The smallest absolute Gasteiger partial charge is 0.222 e. The first-order valence-corrected chi connectivity index (χ1v) is 10.9. The normalized spacial score (nSPS) is 15.9. The molecule has 1 atom stereocenters. The number of amides is 1. The summed E-state index contributed by atoms with van der Waals surface area (Å²) in [5, 5.41) is 9.99. The van der Waals surface area contributed by atoms with Crippen molar-refractivity contribution < 1.29 is 4.79 Å². The highest BCUT2D eigenvalue weighted by atomic mass is 32.2. The Morgan fingerprint density at radius 3 is 2.72 bits per heavy atom. The minimum atomic E-state index is 0.204. The van der Waals surface area contributed by atoms with E-state index in [2.05, 4.69) is 46.4 Å². The fourth-order valence-electron chi connectivity index (χ4n) is 3.55. The van der Waals surface area contributed by atoms with E-state index >= 15 is 0 Å². The molecule has 29 heavy (non-hydrogen) atoms. The van der Waals surface area contributed by atoms with E-state index in [9.17, 15) is 4.79 Å². The predicted octanol–water partition coefficient (Wildman–Crippen LogP) is 4.42. The maximum absolute atomic E-state index is 12.5. The Balaban J connectivity index is 1.64. The molecule has 1 unspecified atom stereocenters. The topological polar surface area (TPSA) is 63.9 Å². The van der Waals surface area contributed by atoms with Crippen LogP contribution in [0.2, 0.25) is 0 Å². The standard InChI is InChI=1S/C22H25N5OS/c1-17(18-9-4-2-5-10-18)29-22-25-24-20(27(22)19-11-8-13-23-15-19)16-26-14-7-3-6-12-21(26)28/h2,4-5,8-11,13,15,17H,3,6-7,12,14,16H2,1H3. The fourth-order valence-corrected chi connectivity index (χ4v) is 4.56. The molecule has 150 valence electrons. The van der Waals surface area contributed by atoms with Crippen molar-refractivity contribution in [1.29, 1.82) is 0 Å². The van der Waals surface area contributed by atoms with Gasteiger partial charge in [0.15, 0.2) is 11.0 Å². The number of aromatic nitrogens is 4. The maximum Gasteiger partial charge on any atom is 0.222 e. The van der Waals surface area contributed by atoms with E-state index in [1.807, 2.05) is 33.9 Å². The minimum Gasteiger partial charge on any atom is -0.335 e. The van der Waals surface area contributed by atoms with Crippen molar-refractivity contribution in [2.75, 3.05) is 6.54 Å². The van der Waals surface area contributed by atoms with Crippen molar-refractivity contribution in [3.8, 4) is 5.69 Å². The second-order valence-corrected chi connectivity index (χ2v) is 8.55. The van der Waals surface area contributed by atoms with Gasteiger partial charge in [-0.3, -0.25) is 14.3 Å². The lowest BCUT2D eigenvalue weighted by Gasteiger charge is -2.21. The van der Waals surface area contributed by atoms with Crippen molar-refractivity contribution in [3.05, 3.63) is 66.2 Å². The second kappa shape index (κ2) is 9.22. The zero-order valence-corrected chi connectivity index (χ0v) is 17.4. The van der Waals surface area contributed by atoms with Crippen LogP contribution in [0.25, 0.3) is 5.69 Å². The molecular weight excluding hydrogens is 382 g/mol. The number of thioether (sulfide) groups is 1. The van der Waals surface area contributed by atoms with Gasteiger partial charge in [-0.15, -0.1) is 10.2 Å². The van der Waals surface area contributed by atoms with E-state index in [4.69, 9.17) is 0 Å². The molecule has 1 saturated heterocycles. The summed E-state index contributed by atoms with van der Waals surface area (Å²) >= 11 is 1.66. The number of likely N-dealkylation sites (tertiary alicyclic amines) is 1. The molecule has 1 aromatic carbocycles. The molecular formula is C22H25N5OS. The Kier molecular flexibility index (Phi) is 6.24. The second-order valence-electron chi connectivity index (χ2n) is 7.24. The van der Waals surface area contributed by atoms with Crippen molar-refractivity contribution in [2.24, 2.45) is 0 Å². The van der Waals surface area contributed by atoms with Gasteiger partial charge in [0.25, 0.3) is 0 Å². The molecule has 7 heteroatoms. The van der Waals surface area contributed by atoms with Crippen LogP contribution in [0.1, 0.15) is 49.2 Å². The molecule has 6 nitrogen and oxygen atoms in total. The van der Waals surface area contributed by atoms with Gasteiger partial charge in [-0.2, -0.15) is 0 Å². The third kappa shape index (κ3) is 4.67. The summed E-state index contributed by atoms with van der Waals surface area (Å²) in [5.74, 6) is 0.978. The Morgan fingerprint density at radius 2 is 1.93 bits per heavy atom. The number of hydrogen-bond donors (Lipinski definition) is 0. The van der Waals surface area contributed by atoms with Crippen LogP contribution in [0.15, 0.2) is 60.0 Å². The summed E-state index contributed by atoms with van der Waals surface area (Å²) in [6, 6.07) is 14.3. The minimum absolute atomic E-state index is 0.204. The molecule has 1 aliphatic heterocycles. The summed E-state index contributed by atoms with van der Waals surface area (Å²) in [5.41, 5.74) is 2.15. The van der Waals surface area contributed by atoms with E-state index < -0.39 is 0 Å². The Labute approximate surface area is 175 Å². The number of carbonyl (C=O) groups is 1. The first kappa shape index (κ1) is 19.6. The number of carbonyl (C=O) groups excluding carboxylic acids is 1. The number of pyridine rings is 1.